The van der Waals surface area contributed by atoms with Crippen LogP contribution < -0.4 is 4.74 Å². The highest BCUT2D eigenvalue weighted by Crippen LogP contribution is 2.37. The molecule has 5 rings (SSSR count). The Balaban J connectivity index is 1.19. The Morgan fingerprint density at radius 3 is 2.58 bits per heavy atom. The molecule has 7 heteroatoms. The third-order valence-electron chi connectivity index (χ3n) is 7.60. The third-order valence-corrected chi connectivity index (χ3v) is 8.61. The summed E-state index contributed by atoms with van der Waals surface area (Å²) in [6, 6.07) is 9.90. The molecular formula is C26H33N3O3S. The zero-order valence-electron chi connectivity index (χ0n) is 19.1. The molecule has 2 saturated heterocycles. The van der Waals surface area contributed by atoms with Crippen LogP contribution in [0.3, 0.4) is 0 Å². The van der Waals surface area contributed by atoms with E-state index < -0.39 is 6.23 Å². The number of rotatable bonds is 6. The molecule has 1 aliphatic carbocycles. The van der Waals surface area contributed by atoms with E-state index >= 15 is 0 Å². The van der Waals surface area contributed by atoms with Crippen LogP contribution in [0.25, 0.3) is 0 Å². The van der Waals surface area contributed by atoms with Crippen molar-refractivity contribution >= 4 is 23.5 Å². The van der Waals surface area contributed by atoms with Gasteiger partial charge in [-0.25, -0.2) is 4.98 Å². The second kappa shape index (κ2) is 10.3. The van der Waals surface area contributed by atoms with Crippen LogP contribution in [0.15, 0.2) is 35.7 Å². The summed E-state index contributed by atoms with van der Waals surface area (Å²) in [6.45, 7) is 2.43. The number of thiazole rings is 1. The second-order valence-corrected chi connectivity index (χ2v) is 10.5. The molecule has 3 heterocycles. The molecule has 176 valence electrons. The Bertz CT molecular complexity index is 939. The van der Waals surface area contributed by atoms with E-state index in [2.05, 4.69) is 9.80 Å². The predicted octanol–water partition coefficient (Wildman–Crippen LogP) is 4.72. The number of hydrogen-bond donors (Lipinski definition) is 0. The number of fused-ring (bicyclic) bond motifs is 1. The number of amides is 1. The smallest absolute Gasteiger partial charge is 0.273 e. The maximum atomic E-state index is 13.3. The molecule has 0 spiro atoms. The average Bonchev–Trinajstić information content (AvgIpc) is 3.38. The third kappa shape index (κ3) is 4.99. The zero-order valence-corrected chi connectivity index (χ0v) is 19.9. The molecule has 2 aromatic rings. The topological polar surface area (TPSA) is 62.7 Å². The van der Waals surface area contributed by atoms with Gasteiger partial charge in [0, 0.05) is 37.0 Å². The number of carbonyl (C=O) groups excluding carboxylic acids is 2. The maximum Gasteiger partial charge on any atom is 0.273 e. The average molecular weight is 468 g/mol. The Morgan fingerprint density at radius 2 is 1.79 bits per heavy atom. The molecule has 1 amide bonds. The highest BCUT2D eigenvalue weighted by Gasteiger charge is 2.37. The van der Waals surface area contributed by atoms with Gasteiger partial charge in [-0.3, -0.25) is 14.5 Å². The minimum atomic E-state index is -0.565. The van der Waals surface area contributed by atoms with Crippen LogP contribution in [0.4, 0.5) is 0 Å². The summed E-state index contributed by atoms with van der Waals surface area (Å²) in [5.74, 6) is 1.85. The van der Waals surface area contributed by atoms with Crippen LogP contribution in [0, 0.1) is 5.92 Å². The minimum absolute atomic E-state index is 0.129. The van der Waals surface area contributed by atoms with Gasteiger partial charge in [0.25, 0.3) is 5.91 Å². The molecule has 6 nitrogen and oxygen atoms in total. The van der Waals surface area contributed by atoms with Crippen molar-refractivity contribution in [2.45, 2.75) is 69.6 Å². The van der Waals surface area contributed by atoms with Crippen molar-refractivity contribution in [3.8, 4) is 5.75 Å². The van der Waals surface area contributed by atoms with Gasteiger partial charge in [0.05, 0.1) is 5.01 Å². The first kappa shape index (κ1) is 22.5. The van der Waals surface area contributed by atoms with E-state index in [0.29, 0.717) is 29.3 Å². The summed E-state index contributed by atoms with van der Waals surface area (Å²) in [5.41, 5.74) is 0.627. The van der Waals surface area contributed by atoms with Crippen LogP contribution in [-0.4, -0.2) is 58.9 Å². The summed E-state index contributed by atoms with van der Waals surface area (Å²) in [5, 5.41) is 3.02. The van der Waals surface area contributed by atoms with Gasteiger partial charge in [-0.05, 0) is 56.6 Å². The fraction of sp³-hybridized carbons (Fsp3) is 0.577. The van der Waals surface area contributed by atoms with Crippen LogP contribution in [0.1, 0.15) is 72.8 Å². The van der Waals surface area contributed by atoms with E-state index in [1.54, 1.807) is 11.3 Å². The van der Waals surface area contributed by atoms with Gasteiger partial charge in [0.2, 0.25) is 6.23 Å². The maximum absolute atomic E-state index is 13.3. The van der Waals surface area contributed by atoms with Crippen LogP contribution >= 0.6 is 11.3 Å². The lowest BCUT2D eigenvalue weighted by molar-refractivity contribution is -0.122. The van der Waals surface area contributed by atoms with Gasteiger partial charge in [-0.1, -0.05) is 31.0 Å². The standard InChI is InChI=1S/C26H33N3O3S/c30-17-24(32-21-9-2-1-3-10-21)28-15-12-20(13-16-28)25-27-22(18-33-25)26(31)29-14-6-8-19-7-4-5-11-23(19)29/h1-3,9-10,17-20,23-24H,4-8,11-16H2. The van der Waals surface area contributed by atoms with Crippen molar-refractivity contribution in [2.75, 3.05) is 19.6 Å². The number of benzene rings is 1. The van der Waals surface area contributed by atoms with E-state index in [1.165, 1.54) is 25.7 Å². The lowest BCUT2D eigenvalue weighted by Crippen LogP contribution is -2.49. The number of ether oxygens (including phenoxy) is 1. The molecule has 33 heavy (non-hydrogen) atoms. The molecular weight excluding hydrogens is 434 g/mol. The molecule has 3 aliphatic rings. The summed E-state index contributed by atoms with van der Waals surface area (Å²) in [6.07, 6.45) is 9.49. The van der Waals surface area contributed by atoms with Crippen LogP contribution in [-0.2, 0) is 4.79 Å². The number of aldehydes is 1. The number of nitrogens with zero attached hydrogens (tertiary/aromatic N) is 3. The normalized spacial score (nSPS) is 25.3. The molecule has 0 bridgehead atoms. The number of para-hydroxylation sites is 1. The van der Waals surface area contributed by atoms with Crippen molar-refractivity contribution in [1.29, 1.82) is 0 Å². The van der Waals surface area contributed by atoms with E-state index in [4.69, 9.17) is 9.72 Å². The molecule has 2 aliphatic heterocycles. The summed E-state index contributed by atoms with van der Waals surface area (Å²) < 4.78 is 5.88. The number of aromatic nitrogens is 1. The lowest BCUT2D eigenvalue weighted by atomic mass is 9.78. The Morgan fingerprint density at radius 1 is 1.03 bits per heavy atom. The van der Waals surface area contributed by atoms with E-state index in [9.17, 15) is 9.59 Å². The number of hydrogen-bond acceptors (Lipinski definition) is 6. The molecule has 1 saturated carbocycles. The van der Waals surface area contributed by atoms with E-state index in [1.807, 2.05) is 35.7 Å². The van der Waals surface area contributed by atoms with Crippen molar-refractivity contribution in [3.05, 3.63) is 46.4 Å². The van der Waals surface area contributed by atoms with Crippen molar-refractivity contribution in [2.24, 2.45) is 5.92 Å². The van der Waals surface area contributed by atoms with E-state index in [-0.39, 0.29) is 5.91 Å². The SMILES string of the molecule is O=CC(Oc1ccccc1)N1CCC(c2nc(C(=O)N3CCCC4CCCCC43)cs2)CC1. The van der Waals surface area contributed by atoms with Crippen molar-refractivity contribution in [1.82, 2.24) is 14.8 Å². The summed E-state index contributed by atoms with van der Waals surface area (Å²) >= 11 is 1.62. The highest BCUT2D eigenvalue weighted by atomic mass is 32.1. The molecule has 3 atom stereocenters. The zero-order chi connectivity index (χ0) is 22.6. The molecule has 0 N–H and O–H groups in total. The fourth-order valence-corrected chi connectivity index (χ4v) is 6.79. The number of piperidine rings is 2. The van der Waals surface area contributed by atoms with Gasteiger partial charge in [-0.2, -0.15) is 0 Å². The van der Waals surface area contributed by atoms with Gasteiger partial charge in [0.1, 0.15) is 11.4 Å². The van der Waals surface area contributed by atoms with Crippen LogP contribution in [0.5, 0.6) is 5.75 Å². The molecule has 1 aromatic heterocycles. The minimum Gasteiger partial charge on any atom is -0.468 e. The monoisotopic (exact) mass is 467 g/mol. The van der Waals surface area contributed by atoms with E-state index in [0.717, 1.165) is 56.6 Å². The summed E-state index contributed by atoms with van der Waals surface area (Å²) in [7, 11) is 0. The second-order valence-electron chi connectivity index (χ2n) is 9.59. The first-order chi connectivity index (χ1) is 16.2. The molecule has 0 radical (unpaired) electrons. The fourth-order valence-electron chi connectivity index (χ4n) is 5.83. The Kier molecular flexibility index (Phi) is 7.07. The molecule has 3 fully saturated rings. The largest absolute Gasteiger partial charge is 0.468 e. The first-order valence-corrected chi connectivity index (χ1v) is 13.3. The van der Waals surface area contributed by atoms with Gasteiger partial charge in [-0.15, -0.1) is 11.3 Å². The van der Waals surface area contributed by atoms with Gasteiger partial charge < -0.3 is 9.64 Å². The number of likely N-dealkylation sites (tertiary alicyclic amines) is 2. The van der Waals surface area contributed by atoms with Crippen molar-refractivity contribution in [3.63, 3.8) is 0 Å². The molecule has 3 unspecified atom stereocenters. The molecule has 1 aromatic carbocycles. The number of carbonyl (C=O) groups is 2. The highest BCUT2D eigenvalue weighted by molar-refractivity contribution is 7.09. The van der Waals surface area contributed by atoms with Gasteiger partial charge in [0.15, 0.2) is 6.29 Å². The summed E-state index contributed by atoms with van der Waals surface area (Å²) in [4.78, 5) is 34.0. The lowest BCUT2D eigenvalue weighted by Gasteiger charge is -2.43. The first-order valence-electron chi connectivity index (χ1n) is 12.4. The van der Waals surface area contributed by atoms with Crippen molar-refractivity contribution < 1.29 is 14.3 Å². The Labute approximate surface area is 199 Å². The quantitative estimate of drug-likeness (QED) is 0.575. The van der Waals surface area contributed by atoms with Gasteiger partial charge >= 0.3 is 0 Å². The Hall–Kier alpha value is -2.25. The van der Waals surface area contributed by atoms with Crippen LogP contribution in [0.2, 0.25) is 0 Å². The predicted molar refractivity (Wildman–Crippen MR) is 129 cm³/mol.